The molecule has 1 aromatic rings. The molecule has 16 heavy (non-hydrogen) atoms. The lowest BCUT2D eigenvalue weighted by Gasteiger charge is -2.15. The van der Waals surface area contributed by atoms with Gasteiger partial charge < -0.3 is 4.74 Å². The maximum atomic E-state index is 10.7. The molecule has 5 heteroatoms. The van der Waals surface area contributed by atoms with Gasteiger partial charge in [-0.15, -0.1) is 0 Å². The summed E-state index contributed by atoms with van der Waals surface area (Å²) in [6.45, 7) is 7.29. The summed E-state index contributed by atoms with van der Waals surface area (Å²) < 4.78 is 5.47. The Morgan fingerprint density at radius 3 is 2.50 bits per heavy atom. The van der Waals surface area contributed by atoms with E-state index in [1.165, 1.54) is 6.07 Å². The number of nitro benzene ring substituents is 1. The highest BCUT2D eigenvalue weighted by Gasteiger charge is 2.16. The number of benzene rings is 1. The van der Waals surface area contributed by atoms with Gasteiger partial charge in [0.25, 0.3) is 0 Å². The van der Waals surface area contributed by atoms with Gasteiger partial charge in [-0.05, 0) is 12.1 Å². The van der Waals surface area contributed by atoms with Crippen molar-refractivity contribution in [2.45, 2.75) is 25.7 Å². The van der Waals surface area contributed by atoms with E-state index in [0.717, 1.165) is 6.04 Å². The molecule has 0 saturated carbocycles. The van der Waals surface area contributed by atoms with Gasteiger partial charge in [-0.1, -0.05) is 31.8 Å². The van der Waals surface area contributed by atoms with Crippen molar-refractivity contribution in [2.75, 3.05) is 6.61 Å². The van der Waals surface area contributed by atoms with Crippen molar-refractivity contribution >= 4 is 13.8 Å². The smallest absolute Gasteiger partial charge is 0.310 e. The first-order chi connectivity index (χ1) is 7.40. The van der Waals surface area contributed by atoms with Crippen molar-refractivity contribution in [2.24, 2.45) is 0 Å². The summed E-state index contributed by atoms with van der Waals surface area (Å²) in [6, 6.07) is 7.49. The molecule has 0 saturated heterocycles. The van der Waals surface area contributed by atoms with Gasteiger partial charge in [0.05, 0.1) is 11.5 Å². The molecule has 0 unspecified atom stereocenters. The third-order valence-corrected chi connectivity index (χ3v) is 3.88. The van der Waals surface area contributed by atoms with Gasteiger partial charge in [-0.3, -0.25) is 10.1 Å². The molecule has 0 aliphatic carbocycles. The van der Waals surface area contributed by atoms with Crippen molar-refractivity contribution in [3.63, 3.8) is 0 Å². The second kappa shape index (κ2) is 5.11. The standard InChI is InChI=1S/C11H17NO3Si/c1-16(2,3)9-8-15-11-7-5-4-6-10(11)12(13)14/h4-7H,8-9H2,1-3H3. The highest BCUT2D eigenvalue weighted by atomic mass is 28.3. The van der Waals surface area contributed by atoms with Crippen molar-refractivity contribution < 1.29 is 9.66 Å². The van der Waals surface area contributed by atoms with E-state index >= 15 is 0 Å². The fraction of sp³-hybridized carbons (Fsp3) is 0.455. The van der Waals surface area contributed by atoms with E-state index in [1.807, 2.05) is 0 Å². The molecule has 4 nitrogen and oxygen atoms in total. The third-order valence-electron chi connectivity index (χ3n) is 2.17. The molecule has 0 atom stereocenters. The minimum atomic E-state index is -1.15. The lowest BCUT2D eigenvalue weighted by molar-refractivity contribution is -0.385. The molecule has 0 aromatic heterocycles. The quantitative estimate of drug-likeness (QED) is 0.450. The van der Waals surface area contributed by atoms with E-state index in [-0.39, 0.29) is 5.69 Å². The van der Waals surface area contributed by atoms with E-state index in [2.05, 4.69) is 19.6 Å². The highest BCUT2D eigenvalue weighted by molar-refractivity contribution is 6.76. The van der Waals surface area contributed by atoms with Gasteiger partial charge in [0, 0.05) is 14.1 Å². The van der Waals surface area contributed by atoms with Crippen LogP contribution in [0.2, 0.25) is 25.7 Å². The molecule has 0 bridgehead atoms. The number of hydrogen-bond donors (Lipinski definition) is 0. The lowest BCUT2D eigenvalue weighted by Crippen LogP contribution is -2.22. The zero-order valence-electron chi connectivity index (χ0n) is 9.90. The van der Waals surface area contributed by atoms with E-state index in [0.29, 0.717) is 12.4 Å². The van der Waals surface area contributed by atoms with E-state index in [4.69, 9.17) is 4.74 Å². The Labute approximate surface area is 96.4 Å². The van der Waals surface area contributed by atoms with Crippen molar-refractivity contribution in [3.8, 4) is 5.75 Å². The highest BCUT2D eigenvalue weighted by Crippen LogP contribution is 2.26. The van der Waals surface area contributed by atoms with Crippen LogP contribution in [0.4, 0.5) is 5.69 Å². The molecule has 88 valence electrons. The molecule has 0 aliphatic heterocycles. The summed E-state index contributed by atoms with van der Waals surface area (Å²) in [5, 5.41) is 10.7. The van der Waals surface area contributed by atoms with E-state index in [9.17, 15) is 10.1 Å². The number of rotatable bonds is 5. The molecule has 0 N–H and O–H groups in total. The van der Waals surface area contributed by atoms with Gasteiger partial charge in [0.1, 0.15) is 0 Å². The van der Waals surface area contributed by atoms with E-state index in [1.54, 1.807) is 18.2 Å². The van der Waals surface area contributed by atoms with Crippen LogP contribution in [-0.2, 0) is 0 Å². The number of ether oxygens (including phenoxy) is 1. The Morgan fingerprint density at radius 1 is 1.31 bits per heavy atom. The van der Waals surface area contributed by atoms with Gasteiger partial charge >= 0.3 is 5.69 Å². The molecule has 0 amide bonds. The Bertz CT molecular complexity index is 374. The minimum absolute atomic E-state index is 0.0399. The topological polar surface area (TPSA) is 52.4 Å². The number of nitro groups is 1. The van der Waals surface area contributed by atoms with Gasteiger partial charge in [-0.2, -0.15) is 0 Å². The summed E-state index contributed by atoms with van der Waals surface area (Å²) in [4.78, 5) is 10.3. The van der Waals surface area contributed by atoms with Gasteiger partial charge in [-0.25, -0.2) is 0 Å². The maximum absolute atomic E-state index is 10.7. The number of hydrogen-bond acceptors (Lipinski definition) is 3. The Morgan fingerprint density at radius 2 is 1.94 bits per heavy atom. The SMILES string of the molecule is C[Si](C)(C)CCOc1ccccc1[N+](=O)[O-]. The van der Waals surface area contributed by atoms with Crippen LogP contribution < -0.4 is 4.74 Å². The second-order valence-corrected chi connectivity index (χ2v) is 10.5. The predicted molar refractivity (Wildman–Crippen MR) is 66.7 cm³/mol. The monoisotopic (exact) mass is 239 g/mol. The van der Waals surface area contributed by atoms with Crippen LogP contribution in [0.15, 0.2) is 24.3 Å². The molecule has 1 rings (SSSR count). The van der Waals surface area contributed by atoms with Crippen LogP contribution in [0, 0.1) is 10.1 Å². The van der Waals surface area contributed by atoms with Crippen LogP contribution in [-0.4, -0.2) is 19.6 Å². The maximum Gasteiger partial charge on any atom is 0.310 e. The molecular weight excluding hydrogens is 222 g/mol. The fourth-order valence-corrected chi connectivity index (χ4v) is 1.91. The van der Waals surface area contributed by atoms with Gasteiger partial charge in [0.15, 0.2) is 5.75 Å². The summed E-state index contributed by atoms with van der Waals surface area (Å²) >= 11 is 0. The average molecular weight is 239 g/mol. The van der Waals surface area contributed by atoms with Crippen LogP contribution >= 0.6 is 0 Å². The first-order valence-electron chi connectivity index (χ1n) is 5.26. The zero-order valence-corrected chi connectivity index (χ0v) is 10.9. The van der Waals surface area contributed by atoms with Crippen LogP contribution in [0.1, 0.15) is 0 Å². The fourth-order valence-electron chi connectivity index (χ4n) is 1.20. The second-order valence-electron chi connectivity index (χ2n) is 4.88. The lowest BCUT2D eigenvalue weighted by atomic mass is 10.3. The number of para-hydroxylation sites is 2. The molecule has 0 fully saturated rings. The summed E-state index contributed by atoms with van der Waals surface area (Å²) in [5.74, 6) is 0.366. The average Bonchev–Trinajstić information content (AvgIpc) is 2.16. The predicted octanol–water partition coefficient (Wildman–Crippen LogP) is 3.31. The molecule has 0 radical (unpaired) electrons. The van der Waals surface area contributed by atoms with Crippen LogP contribution in [0.3, 0.4) is 0 Å². The molecular formula is C11H17NO3Si. The molecule has 0 heterocycles. The largest absolute Gasteiger partial charge is 0.487 e. The van der Waals surface area contributed by atoms with Crippen LogP contribution in [0.25, 0.3) is 0 Å². The summed E-state index contributed by atoms with van der Waals surface area (Å²) in [7, 11) is -1.15. The third kappa shape index (κ3) is 4.02. The molecule has 0 spiro atoms. The zero-order chi connectivity index (χ0) is 12.2. The van der Waals surface area contributed by atoms with Crippen molar-refractivity contribution in [1.29, 1.82) is 0 Å². The minimum Gasteiger partial charge on any atom is -0.487 e. The van der Waals surface area contributed by atoms with Gasteiger partial charge in [0.2, 0.25) is 0 Å². The Kier molecular flexibility index (Phi) is 4.06. The first-order valence-corrected chi connectivity index (χ1v) is 8.97. The summed E-state index contributed by atoms with van der Waals surface area (Å²) in [6.07, 6.45) is 0. The van der Waals surface area contributed by atoms with Crippen molar-refractivity contribution in [3.05, 3.63) is 34.4 Å². The molecule has 1 aromatic carbocycles. The van der Waals surface area contributed by atoms with E-state index < -0.39 is 13.0 Å². The van der Waals surface area contributed by atoms with Crippen molar-refractivity contribution in [1.82, 2.24) is 0 Å². The Balaban J connectivity index is 2.64. The Hall–Kier alpha value is -1.36. The normalized spacial score (nSPS) is 11.2. The first kappa shape index (κ1) is 12.7. The molecule has 0 aliphatic rings. The van der Waals surface area contributed by atoms with Crippen LogP contribution in [0.5, 0.6) is 5.75 Å². The number of nitrogens with zero attached hydrogens (tertiary/aromatic N) is 1. The summed E-state index contributed by atoms with van der Waals surface area (Å²) in [5.41, 5.74) is 0.0399.